The van der Waals surface area contributed by atoms with Gasteiger partial charge in [-0.3, -0.25) is 9.59 Å². The molecule has 0 unspecified atom stereocenters. The Morgan fingerprint density at radius 3 is 2.23 bits per heavy atom. The number of carbonyl (C=O) groups excluding carboxylic acids is 4. The van der Waals surface area contributed by atoms with Crippen LogP contribution in [0.2, 0.25) is 0 Å². The van der Waals surface area contributed by atoms with E-state index in [0.29, 0.717) is 34.7 Å². The zero-order chi connectivity index (χ0) is 22.3. The van der Waals surface area contributed by atoms with E-state index in [1.807, 2.05) is 6.92 Å². The van der Waals surface area contributed by atoms with E-state index in [-0.39, 0.29) is 11.5 Å². The quantitative estimate of drug-likeness (QED) is 0.368. The maximum atomic E-state index is 12.2. The number of hydrogen-bond donors (Lipinski definition) is 2. The van der Waals surface area contributed by atoms with Crippen LogP contribution in [0, 0.1) is 13.8 Å². The largest absolute Gasteiger partial charge is 0.462 e. The Balaban J connectivity index is 1.89. The van der Waals surface area contributed by atoms with Crippen molar-refractivity contribution >= 4 is 29.3 Å². The Bertz CT molecular complexity index is 943. The highest BCUT2D eigenvalue weighted by atomic mass is 16.5. The lowest BCUT2D eigenvalue weighted by molar-refractivity contribution is -0.119. The van der Waals surface area contributed by atoms with Gasteiger partial charge < -0.3 is 19.8 Å². The lowest BCUT2D eigenvalue weighted by atomic mass is 10.1. The number of aryl methyl sites for hydroxylation is 1. The molecule has 1 aromatic carbocycles. The van der Waals surface area contributed by atoms with E-state index in [1.54, 1.807) is 38.1 Å². The van der Waals surface area contributed by atoms with Crippen molar-refractivity contribution in [2.75, 3.05) is 18.5 Å². The van der Waals surface area contributed by atoms with E-state index in [2.05, 4.69) is 10.3 Å². The molecule has 0 radical (unpaired) electrons. The van der Waals surface area contributed by atoms with Crippen molar-refractivity contribution in [3.63, 3.8) is 0 Å². The number of rotatable bonds is 9. The van der Waals surface area contributed by atoms with Gasteiger partial charge in [0, 0.05) is 16.9 Å². The second kappa shape index (κ2) is 10.4. The van der Waals surface area contributed by atoms with E-state index in [0.717, 1.165) is 12.8 Å². The molecule has 160 valence electrons. The first kappa shape index (κ1) is 22.9. The summed E-state index contributed by atoms with van der Waals surface area (Å²) in [4.78, 5) is 50.7. The van der Waals surface area contributed by atoms with Gasteiger partial charge in [0.25, 0.3) is 5.91 Å². The molecule has 0 fully saturated rings. The van der Waals surface area contributed by atoms with E-state index < -0.39 is 24.5 Å². The molecule has 0 bridgehead atoms. The normalized spacial score (nSPS) is 10.4. The van der Waals surface area contributed by atoms with Crippen molar-refractivity contribution in [1.29, 1.82) is 0 Å². The molecule has 0 spiro atoms. The summed E-state index contributed by atoms with van der Waals surface area (Å²) in [6.45, 7) is 6.63. The Hall–Kier alpha value is -3.42. The molecule has 0 saturated heterocycles. The summed E-state index contributed by atoms with van der Waals surface area (Å²) in [6.07, 6.45) is 1.74. The van der Waals surface area contributed by atoms with Crippen molar-refractivity contribution in [3.05, 3.63) is 52.3 Å². The standard InChI is InChI=1S/C22H26N2O6/c1-5-6-11-29-21(27)16-7-9-17(10-8-16)24-18(26)12-30-22(28)20-13(2)19(15(4)25)14(3)23-20/h7-10,23H,5-6,11-12H2,1-4H3,(H,24,26). The number of aromatic nitrogens is 1. The number of ketones is 1. The van der Waals surface area contributed by atoms with Crippen LogP contribution in [0.15, 0.2) is 24.3 Å². The first-order valence-corrected chi connectivity index (χ1v) is 9.68. The number of H-pyrrole nitrogens is 1. The fourth-order valence-corrected chi connectivity index (χ4v) is 2.96. The molecule has 8 nitrogen and oxygen atoms in total. The number of anilines is 1. The average molecular weight is 414 g/mol. The average Bonchev–Trinajstić information content (AvgIpc) is 3.01. The van der Waals surface area contributed by atoms with Gasteiger partial charge in [-0.25, -0.2) is 9.59 Å². The van der Waals surface area contributed by atoms with E-state index >= 15 is 0 Å². The fraction of sp³-hybridized carbons (Fsp3) is 0.364. The van der Waals surface area contributed by atoms with Gasteiger partial charge in [0.05, 0.1) is 12.2 Å². The third-order valence-corrected chi connectivity index (χ3v) is 4.46. The van der Waals surface area contributed by atoms with Gasteiger partial charge in [0.15, 0.2) is 12.4 Å². The number of nitrogens with one attached hydrogen (secondary N) is 2. The lowest BCUT2D eigenvalue weighted by Gasteiger charge is -2.08. The predicted octanol–water partition coefficient (Wildman–Crippen LogP) is 3.59. The van der Waals surface area contributed by atoms with E-state index in [9.17, 15) is 19.2 Å². The number of hydrogen-bond acceptors (Lipinski definition) is 6. The van der Waals surface area contributed by atoms with Crippen molar-refractivity contribution < 1.29 is 28.7 Å². The van der Waals surface area contributed by atoms with Crippen LogP contribution < -0.4 is 5.32 Å². The summed E-state index contributed by atoms with van der Waals surface area (Å²) in [6, 6.07) is 6.22. The minimum absolute atomic E-state index is 0.149. The van der Waals surface area contributed by atoms with E-state index in [4.69, 9.17) is 9.47 Å². The first-order valence-electron chi connectivity index (χ1n) is 9.68. The maximum Gasteiger partial charge on any atom is 0.355 e. The van der Waals surface area contributed by atoms with Crippen LogP contribution in [-0.4, -0.2) is 41.8 Å². The second-order valence-corrected chi connectivity index (χ2v) is 6.87. The SMILES string of the molecule is CCCCOC(=O)c1ccc(NC(=O)COC(=O)c2[nH]c(C)c(C(C)=O)c2C)cc1. The predicted molar refractivity (Wildman–Crippen MR) is 111 cm³/mol. The Kier molecular flexibility index (Phi) is 7.91. The second-order valence-electron chi connectivity index (χ2n) is 6.87. The summed E-state index contributed by atoms with van der Waals surface area (Å²) in [7, 11) is 0. The van der Waals surface area contributed by atoms with E-state index in [1.165, 1.54) is 6.92 Å². The fourth-order valence-electron chi connectivity index (χ4n) is 2.96. The lowest BCUT2D eigenvalue weighted by Crippen LogP contribution is -2.21. The molecule has 0 aliphatic rings. The summed E-state index contributed by atoms with van der Waals surface area (Å²) in [5.74, 6) is -1.83. The van der Waals surface area contributed by atoms with Crippen molar-refractivity contribution in [2.24, 2.45) is 0 Å². The summed E-state index contributed by atoms with van der Waals surface area (Å²) >= 11 is 0. The number of ether oxygens (including phenoxy) is 2. The molecule has 8 heteroatoms. The third-order valence-electron chi connectivity index (χ3n) is 4.46. The minimum Gasteiger partial charge on any atom is -0.462 e. The molecule has 30 heavy (non-hydrogen) atoms. The monoisotopic (exact) mass is 414 g/mol. The minimum atomic E-state index is -0.719. The molecule has 0 saturated carbocycles. The molecule has 1 amide bonds. The van der Waals surface area contributed by atoms with Crippen LogP contribution in [0.4, 0.5) is 5.69 Å². The summed E-state index contributed by atoms with van der Waals surface area (Å²) < 4.78 is 10.2. The molecule has 0 atom stereocenters. The van der Waals surface area contributed by atoms with Crippen LogP contribution in [-0.2, 0) is 14.3 Å². The van der Waals surface area contributed by atoms with Gasteiger partial charge in [-0.1, -0.05) is 13.3 Å². The first-order chi connectivity index (χ1) is 14.2. The highest BCUT2D eigenvalue weighted by Gasteiger charge is 2.21. The van der Waals surface area contributed by atoms with Crippen molar-refractivity contribution in [2.45, 2.75) is 40.5 Å². The Labute approximate surface area is 175 Å². The molecule has 2 aromatic rings. The van der Waals surface area contributed by atoms with Crippen molar-refractivity contribution in [3.8, 4) is 0 Å². The van der Waals surface area contributed by atoms with Gasteiger partial charge in [0.2, 0.25) is 0 Å². The maximum absolute atomic E-state index is 12.2. The number of amides is 1. The Morgan fingerprint density at radius 1 is 1.00 bits per heavy atom. The molecular weight excluding hydrogens is 388 g/mol. The van der Waals surface area contributed by atoms with Gasteiger partial charge >= 0.3 is 11.9 Å². The van der Waals surface area contributed by atoms with Gasteiger partial charge in [-0.15, -0.1) is 0 Å². The number of aromatic amines is 1. The number of Topliss-reactive ketones (excluding diaryl/α,β-unsaturated/α-hetero) is 1. The number of esters is 2. The third kappa shape index (κ3) is 5.79. The highest BCUT2D eigenvalue weighted by Crippen LogP contribution is 2.19. The number of carbonyl (C=O) groups is 4. The van der Waals surface area contributed by atoms with Crippen molar-refractivity contribution in [1.82, 2.24) is 4.98 Å². The smallest absolute Gasteiger partial charge is 0.355 e. The highest BCUT2D eigenvalue weighted by molar-refractivity contribution is 6.02. The van der Waals surface area contributed by atoms with Gasteiger partial charge in [-0.2, -0.15) is 0 Å². The van der Waals surface area contributed by atoms with Crippen LogP contribution >= 0.6 is 0 Å². The zero-order valence-corrected chi connectivity index (χ0v) is 17.6. The molecule has 2 N–H and O–H groups in total. The number of benzene rings is 1. The Morgan fingerprint density at radius 2 is 1.67 bits per heavy atom. The molecular formula is C22H26N2O6. The summed E-state index contributed by atoms with van der Waals surface area (Å²) in [5, 5.41) is 2.58. The van der Waals surface area contributed by atoms with Crippen LogP contribution in [0.1, 0.15) is 69.2 Å². The summed E-state index contributed by atoms with van der Waals surface area (Å²) in [5.41, 5.74) is 2.49. The topological polar surface area (TPSA) is 115 Å². The number of unbranched alkanes of at least 4 members (excludes halogenated alkanes) is 1. The molecule has 1 aromatic heterocycles. The zero-order valence-electron chi connectivity index (χ0n) is 17.6. The van der Waals surface area contributed by atoms with Crippen LogP contribution in [0.5, 0.6) is 0 Å². The van der Waals surface area contributed by atoms with Gasteiger partial charge in [-0.05, 0) is 57.0 Å². The molecule has 0 aliphatic carbocycles. The van der Waals surface area contributed by atoms with Crippen LogP contribution in [0.25, 0.3) is 0 Å². The molecule has 2 rings (SSSR count). The van der Waals surface area contributed by atoms with Gasteiger partial charge in [0.1, 0.15) is 5.69 Å². The van der Waals surface area contributed by atoms with Crippen LogP contribution in [0.3, 0.4) is 0 Å². The molecule has 0 aliphatic heterocycles. The molecule has 1 heterocycles.